The van der Waals surface area contributed by atoms with Gasteiger partial charge in [0.25, 0.3) is 11.5 Å². The quantitative estimate of drug-likeness (QED) is 0.232. The van der Waals surface area contributed by atoms with Gasteiger partial charge in [0.2, 0.25) is 0 Å². The highest BCUT2D eigenvalue weighted by Crippen LogP contribution is 2.33. The van der Waals surface area contributed by atoms with Gasteiger partial charge in [0.05, 0.1) is 47.7 Å². The second kappa shape index (κ2) is 13.6. The number of ether oxygens (including phenoxy) is 3. The second-order valence-electron chi connectivity index (χ2n) is 10.6. The van der Waals surface area contributed by atoms with Crippen molar-refractivity contribution in [3.63, 3.8) is 0 Å². The normalized spacial score (nSPS) is 14.1. The van der Waals surface area contributed by atoms with Gasteiger partial charge in [-0.25, -0.2) is 4.99 Å². The predicted octanol–water partition coefficient (Wildman–Crippen LogP) is 5.34. The Morgan fingerprint density at radius 1 is 0.979 bits per heavy atom. The van der Waals surface area contributed by atoms with Gasteiger partial charge >= 0.3 is 0 Å². The summed E-state index contributed by atoms with van der Waals surface area (Å²) in [6.07, 6.45) is 1.77. The van der Waals surface area contributed by atoms with E-state index in [1.165, 1.54) is 11.3 Å². The number of carbonyl (C=O) groups is 1. The highest BCUT2D eigenvalue weighted by Gasteiger charge is 2.32. The number of aromatic nitrogens is 1. The lowest BCUT2D eigenvalue weighted by Crippen LogP contribution is -2.40. The number of carbonyl (C=O) groups excluding carboxylic acids is 1. The summed E-state index contributed by atoms with van der Waals surface area (Å²) in [5.41, 5.74) is 3.96. The molecule has 6 rings (SSSR count). The van der Waals surface area contributed by atoms with Crippen LogP contribution in [-0.4, -0.2) is 24.7 Å². The van der Waals surface area contributed by atoms with E-state index >= 15 is 0 Å². The fourth-order valence-corrected chi connectivity index (χ4v) is 6.46. The standard InChI is InChI=1S/C37H30N4O5S/c1-23-33(35(42)40-28-13-5-4-6-14-28)34(25-12-9-15-29(20-25)44-2)41-36(43)32(47-37(41)39-23)19-24-16-17-30(31(18-24)45-3)46-22-27-11-8-7-10-26(27)21-38/h4-20,34H,22H2,1-3H3,(H,40,42)/b32-19-/t34-/m0/s1. The van der Waals surface area contributed by atoms with Crippen LogP contribution in [-0.2, 0) is 11.4 Å². The van der Waals surface area contributed by atoms with Crippen molar-refractivity contribution >= 4 is 29.0 Å². The van der Waals surface area contributed by atoms with Crippen LogP contribution in [0.15, 0.2) is 118 Å². The van der Waals surface area contributed by atoms with Crippen LogP contribution in [0, 0.1) is 11.3 Å². The monoisotopic (exact) mass is 642 g/mol. The third kappa shape index (κ3) is 6.43. The average Bonchev–Trinajstić information content (AvgIpc) is 3.40. The lowest BCUT2D eigenvalue weighted by molar-refractivity contribution is -0.113. The lowest BCUT2D eigenvalue weighted by atomic mass is 9.95. The first-order chi connectivity index (χ1) is 22.9. The van der Waals surface area contributed by atoms with Gasteiger partial charge in [-0.3, -0.25) is 14.2 Å². The number of nitrogens with one attached hydrogen (secondary N) is 1. The zero-order valence-corrected chi connectivity index (χ0v) is 26.7. The molecule has 0 saturated carbocycles. The summed E-state index contributed by atoms with van der Waals surface area (Å²) in [5, 5.41) is 12.4. The molecule has 1 N–H and O–H groups in total. The summed E-state index contributed by atoms with van der Waals surface area (Å²) in [6.45, 7) is 1.98. The summed E-state index contributed by atoms with van der Waals surface area (Å²) in [4.78, 5) is 33.1. The molecule has 10 heteroatoms. The van der Waals surface area contributed by atoms with E-state index in [1.807, 2.05) is 66.7 Å². The van der Waals surface area contributed by atoms with E-state index < -0.39 is 6.04 Å². The summed E-state index contributed by atoms with van der Waals surface area (Å²) in [7, 11) is 3.12. The molecular weight excluding hydrogens is 612 g/mol. The molecule has 1 amide bonds. The molecule has 1 aromatic heterocycles. The molecule has 0 fully saturated rings. The number of nitriles is 1. The van der Waals surface area contributed by atoms with Crippen LogP contribution in [0.5, 0.6) is 17.2 Å². The third-order valence-electron chi connectivity index (χ3n) is 7.71. The van der Waals surface area contributed by atoms with Crippen LogP contribution in [0.2, 0.25) is 0 Å². The van der Waals surface area contributed by atoms with E-state index in [1.54, 1.807) is 62.1 Å². The van der Waals surface area contributed by atoms with E-state index in [4.69, 9.17) is 19.2 Å². The number of nitrogens with zero attached hydrogens (tertiary/aromatic N) is 3. The summed E-state index contributed by atoms with van der Waals surface area (Å²) in [6, 6.07) is 30.6. The Kier molecular flexibility index (Phi) is 9.00. The maximum atomic E-state index is 14.1. The molecular formula is C37H30N4O5S. The number of fused-ring (bicyclic) bond motifs is 1. The van der Waals surface area contributed by atoms with Crippen molar-refractivity contribution in [2.45, 2.75) is 19.6 Å². The van der Waals surface area contributed by atoms with Crippen molar-refractivity contribution in [2.75, 3.05) is 19.5 Å². The zero-order valence-electron chi connectivity index (χ0n) is 25.9. The Balaban J connectivity index is 1.39. The van der Waals surface area contributed by atoms with Gasteiger partial charge in [0.15, 0.2) is 16.3 Å². The minimum atomic E-state index is -0.742. The van der Waals surface area contributed by atoms with E-state index in [-0.39, 0.29) is 18.1 Å². The van der Waals surface area contributed by atoms with Gasteiger partial charge < -0.3 is 19.5 Å². The zero-order chi connectivity index (χ0) is 32.9. The van der Waals surface area contributed by atoms with Crippen LogP contribution in [0.1, 0.15) is 35.2 Å². The Hall–Kier alpha value is -5.92. The minimum Gasteiger partial charge on any atom is -0.497 e. The molecule has 5 aromatic rings. The maximum absolute atomic E-state index is 14.1. The first kappa shape index (κ1) is 31.1. The van der Waals surface area contributed by atoms with Crippen LogP contribution < -0.4 is 34.4 Å². The largest absolute Gasteiger partial charge is 0.497 e. The van der Waals surface area contributed by atoms with Crippen LogP contribution in [0.25, 0.3) is 6.08 Å². The van der Waals surface area contributed by atoms with Crippen molar-refractivity contribution in [1.82, 2.24) is 4.57 Å². The Labute approximate surface area is 274 Å². The van der Waals surface area contributed by atoms with Gasteiger partial charge in [-0.05, 0) is 66.6 Å². The lowest BCUT2D eigenvalue weighted by Gasteiger charge is -2.25. The predicted molar refractivity (Wildman–Crippen MR) is 180 cm³/mol. The van der Waals surface area contributed by atoms with Crippen LogP contribution in [0.4, 0.5) is 5.69 Å². The molecule has 0 unspecified atom stereocenters. The van der Waals surface area contributed by atoms with Crippen molar-refractivity contribution in [3.05, 3.63) is 150 Å². The molecule has 4 aromatic carbocycles. The molecule has 0 spiro atoms. The maximum Gasteiger partial charge on any atom is 0.271 e. The molecule has 47 heavy (non-hydrogen) atoms. The van der Waals surface area contributed by atoms with Crippen LogP contribution in [0.3, 0.4) is 0 Å². The van der Waals surface area contributed by atoms with Gasteiger partial charge in [-0.15, -0.1) is 0 Å². The van der Waals surface area contributed by atoms with Crippen molar-refractivity contribution in [1.29, 1.82) is 5.26 Å². The highest BCUT2D eigenvalue weighted by atomic mass is 32.1. The number of benzene rings is 4. The molecule has 1 atom stereocenters. The third-order valence-corrected chi connectivity index (χ3v) is 8.70. The van der Waals surface area contributed by atoms with E-state index in [0.29, 0.717) is 60.2 Å². The number of anilines is 1. The Bertz CT molecular complexity index is 2230. The summed E-state index contributed by atoms with van der Waals surface area (Å²) >= 11 is 1.24. The first-order valence-corrected chi connectivity index (χ1v) is 15.5. The summed E-state index contributed by atoms with van der Waals surface area (Å²) in [5.74, 6) is 1.23. The number of allylic oxidation sites excluding steroid dienone is 1. The van der Waals surface area contributed by atoms with Gasteiger partial charge in [-0.2, -0.15) is 5.26 Å². The highest BCUT2D eigenvalue weighted by molar-refractivity contribution is 7.07. The molecule has 0 saturated heterocycles. The molecule has 0 bridgehead atoms. The SMILES string of the molecule is COc1cccc([C@H]2C(C(=O)Nc3ccccc3)=C(C)N=c3s/c(=C\c4ccc(OCc5ccccc5C#N)c(OC)c4)c(=O)n32)c1. The fraction of sp³-hybridized carbons (Fsp3) is 0.135. The molecule has 2 heterocycles. The van der Waals surface area contributed by atoms with Crippen molar-refractivity contribution < 1.29 is 19.0 Å². The minimum absolute atomic E-state index is 0.196. The first-order valence-electron chi connectivity index (χ1n) is 14.7. The average molecular weight is 643 g/mol. The number of para-hydroxylation sites is 1. The fourth-order valence-electron chi connectivity index (χ4n) is 5.41. The molecule has 1 aliphatic rings. The molecule has 1 aliphatic heterocycles. The van der Waals surface area contributed by atoms with Crippen molar-refractivity contribution in [2.24, 2.45) is 4.99 Å². The van der Waals surface area contributed by atoms with Crippen molar-refractivity contribution in [3.8, 4) is 23.3 Å². The topological polar surface area (TPSA) is 115 Å². The Morgan fingerprint density at radius 3 is 2.53 bits per heavy atom. The van der Waals surface area contributed by atoms with E-state index in [0.717, 1.165) is 5.56 Å². The van der Waals surface area contributed by atoms with Gasteiger partial charge in [0.1, 0.15) is 12.4 Å². The van der Waals surface area contributed by atoms with Gasteiger partial charge in [-0.1, -0.05) is 65.9 Å². The van der Waals surface area contributed by atoms with E-state index in [9.17, 15) is 14.9 Å². The van der Waals surface area contributed by atoms with Crippen LogP contribution >= 0.6 is 11.3 Å². The molecule has 234 valence electrons. The number of hydrogen-bond acceptors (Lipinski definition) is 8. The number of rotatable bonds is 9. The molecule has 9 nitrogen and oxygen atoms in total. The van der Waals surface area contributed by atoms with E-state index in [2.05, 4.69) is 11.4 Å². The molecule has 0 radical (unpaired) electrons. The molecule has 0 aliphatic carbocycles. The van der Waals surface area contributed by atoms with Gasteiger partial charge in [0, 0.05) is 11.3 Å². The number of thiazole rings is 1. The number of hydrogen-bond donors (Lipinski definition) is 1. The number of methoxy groups -OCH3 is 2. The second-order valence-corrected chi connectivity index (χ2v) is 11.7. The number of amides is 1. The smallest absolute Gasteiger partial charge is 0.271 e. The Morgan fingerprint density at radius 2 is 1.77 bits per heavy atom. The summed E-state index contributed by atoms with van der Waals surface area (Å²) < 4.78 is 19.1.